The van der Waals surface area contributed by atoms with Crippen LogP contribution in [-0.4, -0.2) is 30.3 Å². The zero-order valence-corrected chi connectivity index (χ0v) is 14.5. The van der Waals surface area contributed by atoms with E-state index in [1.807, 2.05) is 6.92 Å². The van der Waals surface area contributed by atoms with Crippen LogP contribution in [0.1, 0.15) is 32.4 Å². The fourth-order valence-corrected chi connectivity index (χ4v) is 2.49. The molecule has 1 atom stereocenters. The van der Waals surface area contributed by atoms with Gasteiger partial charge in [-0.25, -0.2) is 9.59 Å². The van der Waals surface area contributed by atoms with Gasteiger partial charge >= 0.3 is 12.0 Å². The van der Waals surface area contributed by atoms with Crippen molar-refractivity contribution in [3.63, 3.8) is 0 Å². The summed E-state index contributed by atoms with van der Waals surface area (Å²) in [6.07, 6.45) is 3.49. The predicted molar refractivity (Wildman–Crippen MR) is 92.2 cm³/mol. The molecule has 0 fully saturated rings. The molecule has 7 heteroatoms. The lowest BCUT2D eigenvalue weighted by Crippen LogP contribution is -2.45. The Kier molecular flexibility index (Phi) is 6.05. The number of carbonyl (C=O) groups excluding carboxylic acids is 2. The Labute approximate surface area is 146 Å². The van der Waals surface area contributed by atoms with Crippen LogP contribution in [-0.2, 0) is 9.53 Å². The number of rotatable bonds is 6. The smallest absolute Gasteiger partial charge is 0.338 e. The summed E-state index contributed by atoms with van der Waals surface area (Å²) in [6, 6.07) is 3.57. The molecule has 134 valence electrons. The second-order valence-electron chi connectivity index (χ2n) is 5.40. The molecule has 2 amide bonds. The molecule has 0 aromatic heterocycles. The second-order valence-corrected chi connectivity index (χ2v) is 5.40. The van der Waals surface area contributed by atoms with Crippen LogP contribution in [0.3, 0.4) is 0 Å². The van der Waals surface area contributed by atoms with Gasteiger partial charge in [-0.3, -0.25) is 0 Å². The van der Waals surface area contributed by atoms with Crippen LogP contribution >= 0.6 is 0 Å². The molecule has 7 nitrogen and oxygen atoms in total. The standard InChI is InChI=1S/C18H22N2O5/c1-4-6-9-25-17(22)15-11(3)19-18(23)20-16(15)12-7-8-13(21)14(10-12)24-5-2/h4,6-8,10,16,21H,5,9H2,1-3H3,(H2,19,20,23)/b6-4+. The van der Waals surface area contributed by atoms with Gasteiger partial charge in [-0.05, 0) is 38.5 Å². The maximum Gasteiger partial charge on any atom is 0.338 e. The number of phenolic OH excluding ortho intramolecular Hbond substituents is 1. The van der Waals surface area contributed by atoms with Crippen LogP contribution in [0.15, 0.2) is 41.6 Å². The van der Waals surface area contributed by atoms with Crippen molar-refractivity contribution in [3.05, 3.63) is 47.2 Å². The number of nitrogens with one attached hydrogen (secondary N) is 2. The van der Waals surface area contributed by atoms with Gasteiger partial charge < -0.3 is 25.2 Å². The molecule has 0 bridgehead atoms. The lowest BCUT2D eigenvalue weighted by molar-refractivity contribution is -0.138. The molecule has 1 heterocycles. The molecule has 3 N–H and O–H groups in total. The Balaban J connectivity index is 2.38. The first kappa shape index (κ1) is 18.4. The van der Waals surface area contributed by atoms with Crippen molar-refractivity contribution >= 4 is 12.0 Å². The van der Waals surface area contributed by atoms with Crippen LogP contribution in [0.5, 0.6) is 11.5 Å². The molecule has 25 heavy (non-hydrogen) atoms. The number of aromatic hydroxyl groups is 1. The first-order valence-corrected chi connectivity index (χ1v) is 8.00. The van der Waals surface area contributed by atoms with Crippen molar-refractivity contribution in [1.29, 1.82) is 0 Å². The van der Waals surface area contributed by atoms with Crippen molar-refractivity contribution in [2.24, 2.45) is 0 Å². The number of ether oxygens (including phenoxy) is 2. The third kappa shape index (κ3) is 4.32. The second kappa shape index (κ2) is 8.23. The number of benzene rings is 1. The number of allylic oxidation sites excluding steroid dienone is 2. The number of amides is 2. The van der Waals surface area contributed by atoms with Crippen molar-refractivity contribution in [2.45, 2.75) is 26.8 Å². The van der Waals surface area contributed by atoms with Crippen LogP contribution in [0.4, 0.5) is 4.79 Å². The third-order valence-electron chi connectivity index (χ3n) is 3.65. The summed E-state index contributed by atoms with van der Waals surface area (Å²) in [6.45, 7) is 5.79. The van der Waals surface area contributed by atoms with E-state index >= 15 is 0 Å². The van der Waals surface area contributed by atoms with E-state index in [1.165, 1.54) is 6.07 Å². The Morgan fingerprint density at radius 1 is 1.40 bits per heavy atom. The van der Waals surface area contributed by atoms with E-state index in [0.717, 1.165) is 0 Å². The average molecular weight is 346 g/mol. The summed E-state index contributed by atoms with van der Waals surface area (Å²) >= 11 is 0. The van der Waals surface area contributed by atoms with Gasteiger partial charge in [0.05, 0.1) is 18.2 Å². The highest BCUT2D eigenvalue weighted by molar-refractivity contribution is 5.95. The highest BCUT2D eigenvalue weighted by Crippen LogP contribution is 2.34. The largest absolute Gasteiger partial charge is 0.504 e. The number of phenols is 1. The molecule has 1 aromatic carbocycles. The summed E-state index contributed by atoms with van der Waals surface area (Å²) in [5.74, 6) is -0.255. The minimum Gasteiger partial charge on any atom is -0.504 e. The summed E-state index contributed by atoms with van der Waals surface area (Å²) in [5.41, 5.74) is 1.33. The van der Waals surface area contributed by atoms with E-state index in [1.54, 1.807) is 38.1 Å². The Morgan fingerprint density at radius 2 is 2.16 bits per heavy atom. The summed E-state index contributed by atoms with van der Waals surface area (Å²) in [4.78, 5) is 24.3. The Bertz CT molecular complexity index is 724. The molecule has 2 rings (SSSR count). The fourth-order valence-electron chi connectivity index (χ4n) is 2.49. The van der Waals surface area contributed by atoms with E-state index < -0.39 is 18.0 Å². The van der Waals surface area contributed by atoms with Gasteiger partial charge in [0.1, 0.15) is 6.61 Å². The lowest BCUT2D eigenvalue weighted by atomic mass is 9.95. The lowest BCUT2D eigenvalue weighted by Gasteiger charge is -2.28. The average Bonchev–Trinajstić information content (AvgIpc) is 2.56. The van der Waals surface area contributed by atoms with Gasteiger partial charge in [-0.1, -0.05) is 18.2 Å². The van der Waals surface area contributed by atoms with Crippen LogP contribution in [0.25, 0.3) is 0 Å². The van der Waals surface area contributed by atoms with Gasteiger partial charge in [0, 0.05) is 5.70 Å². The fraction of sp³-hybridized carbons (Fsp3) is 0.333. The minimum absolute atomic E-state index is 0.0104. The zero-order chi connectivity index (χ0) is 18.4. The van der Waals surface area contributed by atoms with Gasteiger partial charge in [0.15, 0.2) is 11.5 Å². The van der Waals surface area contributed by atoms with Gasteiger partial charge in [-0.15, -0.1) is 0 Å². The maximum atomic E-state index is 12.5. The normalized spacial score (nSPS) is 17.2. The number of hydrogen-bond donors (Lipinski definition) is 3. The first-order chi connectivity index (χ1) is 12.0. The van der Waals surface area contributed by atoms with Crippen molar-refractivity contribution in [1.82, 2.24) is 10.6 Å². The minimum atomic E-state index is -0.702. The third-order valence-corrected chi connectivity index (χ3v) is 3.65. The highest BCUT2D eigenvalue weighted by Gasteiger charge is 2.32. The number of hydrogen-bond acceptors (Lipinski definition) is 5. The molecule has 0 saturated heterocycles. The molecule has 0 radical (unpaired) electrons. The summed E-state index contributed by atoms with van der Waals surface area (Å²) in [7, 11) is 0. The highest BCUT2D eigenvalue weighted by atomic mass is 16.5. The van der Waals surface area contributed by atoms with E-state index in [-0.39, 0.29) is 18.1 Å². The van der Waals surface area contributed by atoms with Crippen molar-refractivity contribution < 1.29 is 24.2 Å². The molecular formula is C18H22N2O5. The summed E-state index contributed by atoms with van der Waals surface area (Å²) in [5, 5.41) is 15.1. The zero-order valence-electron chi connectivity index (χ0n) is 14.5. The predicted octanol–water partition coefficient (Wildman–Crippen LogP) is 2.54. The topological polar surface area (TPSA) is 96.9 Å². The molecule has 1 aliphatic rings. The van der Waals surface area contributed by atoms with E-state index in [9.17, 15) is 14.7 Å². The van der Waals surface area contributed by atoms with E-state index in [0.29, 0.717) is 23.4 Å². The molecule has 1 aliphatic heterocycles. The molecule has 0 spiro atoms. The maximum absolute atomic E-state index is 12.5. The number of esters is 1. The van der Waals surface area contributed by atoms with Crippen LogP contribution < -0.4 is 15.4 Å². The number of urea groups is 1. The van der Waals surface area contributed by atoms with Crippen LogP contribution in [0.2, 0.25) is 0 Å². The molecular weight excluding hydrogens is 324 g/mol. The van der Waals surface area contributed by atoms with Crippen LogP contribution in [0, 0.1) is 0 Å². The van der Waals surface area contributed by atoms with Gasteiger partial charge in [0.2, 0.25) is 0 Å². The Morgan fingerprint density at radius 3 is 2.84 bits per heavy atom. The monoisotopic (exact) mass is 346 g/mol. The number of carbonyl (C=O) groups is 2. The first-order valence-electron chi connectivity index (χ1n) is 8.00. The molecule has 1 aromatic rings. The Hall–Kier alpha value is -2.96. The van der Waals surface area contributed by atoms with Gasteiger partial charge in [-0.2, -0.15) is 0 Å². The van der Waals surface area contributed by atoms with E-state index in [2.05, 4.69) is 10.6 Å². The quantitative estimate of drug-likeness (QED) is 0.543. The van der Waals surface area contributed by atoms with Crippen molar-refractivity contribution in [3.8, 4) is 11.5 Å². The molecule has 0 aliphatic carbocycles. The molecule has 0 saturated carbocycles. The molecule has 1 unspecified atom stereocenters. The van der Waals surface area contributed by atoms with E-state index in [4.69, 9.17) is 9.47 Å². The summed E-state index contributed by atoms with van der Waals surface area (Å²) < 4.78 is 10.6. The van der Waals surface area contributed by atoms with Gasteiger partial charge in [0.25, 0.3) is 0 Å². The van der Waals surface area contributed by atoms with Crippen molar-refractivity contribution in [2.75, 3.05) is 13.2 Å². The SMILES string of the molecule is C/C=C/COC(=O)C1=C(C)NC(=O)NC1c1ccc(O)c(OCC)c1.